The van der Waals surface area contributed by atoms with E-state index in [2.05, 4.69) is 10.5 Å². The molecule has 0 aliphatic heterocycles. The van der Waals surface area contributed by atoms with Gasteiger partial charge in [0.15, 0.2) is 11.5 Å². The monoisotopic (exact) mass is 314 g/mol. The van der Waals surface area contributed by atoms with Gasteiger partial charge in [0, 0.05) is 5.56 Å². The summed E-state index contributed by atoms with van der Waals surface area (Å²) in [5, 5.41) is 3.94. The maximum Gasteiger partial charge on any atom is 0.271 e. The average Bonchev–Trinajstić information content (AvgIpc) is 2.61. The third-order valence-corrected chi connectivity index (χ3v) is 3.14. The second-order valence-corrected chi connectivity index (χ2v) is 4.54. The largest absolute Gasteiger partial charge is 0.497 e. The first-order chi connectivity index (χ1) is 11.2. The standard InChI is InChI=1S/C17H18N2O4/c1-21-14-7-5-13(6-8-14)17(20)19-18-11-12-4-9-15(22-2)16(10-12)23-3/h4-11H,1-3H3,(H,19,20). The van der Waals surface area contributed by atoms with Crippen molar-refractivity contribution in [3.8, 4) is 17.2 Å². The van der Waals surface area contributed by atoms with Crippen LogP contribution in [0.3, 0.4) is 0 Å². The number of nitrogens with one attached hydrogen (secondary N) is 1. The number of hydrogen-bond acceptors (Lipinski definition) is 5. The van der Waals surface area contributed by atoms with Gasteiger partial charge in [0.05, 0.1) is 27.5 Å². The smallest absolute Gasteiger partial charge is 0.271 e. The summed E-state index contributed by atoms with van der Waals surface area (Å²) in [5.41, 5.74) is 3.74. The molecule has 0 spiro atoms. The fraction of sp³-hybridized carbons (Fsp3) is 0.176. The molecule has 0 saturated heterocycles. The zero-order chi connectivity index (χ0) is 16.7. The minimum absolute atomic E-state index is 0.302. The molecule has 1 amide bonds. The highest BCUT2D eigenvalue weighted by Gasteiger charge is 2.05. The van der Waals surface area contributed by atoms with Crippen molar-refractivity contribution < 1.29 is 19.0 Å². The molecule has 0 aliphatic rings. The second kappa shape index (κ2) is 7.84. The number of hydrogen-bond donors (Lipinski definition) is 1. The molecule has 0 unspecified atom stereocenters. The maximum atomic E-state index is 11.9. The first kappa shape index (κ1) is 16.4. The van der Waals surface area contributed by atoms with Gasteiger partial charge in [-0.05, 0) is 48.0 Å². The Balaban J connectivity index is 2.01. The van der Waals surface area contributed by atoms with Crippen LogP contribution in [0, 0.1) is 0 Å². The van der Waals surface area contributed by atoms with E-state index in [0.717, 1.165) is 5.56 Å². The van der Waals surface area contributed by atoms with Crippen LogP contribution in [0.15, 0.2) is 47.6 Å². The van der Waals surface area contributed by atoms with Gasteiger partial charge in [0.25, 0.3) is 5.91 Å². The Morgan fingerprint density at radius 2 is 1.65 bits per heavy atom. The van der Waals surface area contributed by atoms with E-state index in [1.807, 2.05) is 6.07 Å². The molecule has 0 heterocycles. The maximum absolute atomic E-state index is 11.9. The Morgan fingerprint density at radius 3 is 2.26 bits per heavy atom. The van der Waals surface area contributed by atoms with Crippen LogP contribution in [0.4, 0.5) is 0 Å². The molecule has 2 aromatic carbocycles. The van der Waals surface area contributed by atoms with Gasteiger partial charge in [-0.25, -0.2) is 5.43 Å². The molecule has 23 heavy (non-hydrogen) atoms. The van der Waals surface area contributed by atoms with Crippen molar-refractivity contribution in [1.82, 2.24) is 5.43 Å². The van der Waals surface area contributed by atoms with Crippen molar-refractivity contribution in [3.05, 3.63) is 53.6 Å². The normalized spacial score (nSPS) is 10.4. The number of amides is 1. The number of carbonyl (C=O) groups excluding carboxylic acids is 1. The quantitative estimate of drug-likeness (QED) is 0.657. The zero-order valence-electron chi connectivity index (χ0n) is 13.2. The average molecular weight is 314 g/mol. The molecule has 6 heteroatoms. The number of rotatable bonds is 6. The summed E-state index contributed by atoms with van der Waals surface area (Å²) < 4.78 is 15.4. The molecule has 0 bridgehead atoms. The van der Waals surface area contributed by atoms with Crippen molar-refractivity contribution in [2.45, 2.75) is 0 Å². The SMILES string of the molecule is COc1ccc(C(=O)NN=Cc2ccc(OC)c(OC)c2)cc1. The number of ether oxygens (including phenoxy) is 3. The van der Waals surface area contributed by atoms with Crippen molar-refractivity contribution in [3.63, 3.8) is 0 Å². The minimum Gasteiger partial charge on any atom is -0.497 e. The third kappa shape index (κ3) is 4.23. The summed E-state index contributed by atoms with van der Waals surface area (Å²) in [6.07, 6.45) is 1.53. The van der Waals surface area contributed by atoms with Crippen molar-refractivity contribution >= 4 is 12.1 Å². The van der Waals surface area contributed by atoms with Gasteiger partial charge in [-0.2, -0.15) is 5.10 Å². The van der Waals surface area contributed by atoms with Crippen LogP contribution >= 0.6 is 0 Å². The van der Waals surface area contributed by atoms with Crippen molar-refractivity contribution in [2.75, 3.05) is 21.3 Å². The Hall–Kier alpha value is -3.02. The number of hydrazone groups is 1. The molecule has 1 N–H and O–H groups in total. The van der Waals surface area contributed by atoms with Crippen LogP contribution in [0.2, 0.25) is 0 Å². The number of carbonyl (C=O) groups is 1. The molecule has 0 atom stereocenters. The van der Waals surface area contributed by atoms with Gasteiger partial charge in [-0.1, -0.05) is 0 Å². The van der Waals surface area contributed by atoms with Gasteiger partial charge >= 0.3 is 0 Å². The number of benzene rings is 2. The van der Waals surface area contributed by atoms with Crippen molar-refractivity contribution in [1.29, 1.82) is 0 Å². The number of nitrogens with zero attached hydrogens (tertiary/aromatic N) is 1. The van der Waals surface area contributed by atoms with Gasteiger partial charge in [0.1, 0.15) is 5.75 Å². The van der Waals surface area contributed by atoms with Gasteiger partial charge in [0.2, 0.25) is 0 Å². The molecule has 120 valence electrons. The van der Waals surface area contributed by atoms with E-state index in [9.17, 15) is 4.79 Å². The minimum atomic E-state index is -0.302. The van der Waals surface area contributed by atoms with Crippen molar-refractivity contribution in [2.24, 2.45) is 5.10 Å². The highest BCUT2D eigenvalue weighted by atomic mass is 16.5. The Kier molecular flexibility index (Phi) is 5.57. The summed E-state index contributed by atoms with van der Waals surface area (Å²) in [6.45, 7) is 0. The fourth-order valence-corrected chi connectivity index (χ4v) is 1.91. The van der Waals surface area contributed by atoms with E-state index in [4.69, 9.17) is 14.2 Å². The number of methoxy groups -OCH3 is 3. The lowest BCUT2D eigenvalue weighted by atomic mass is 10.2. The van der Waals surface area contributed by atoms with Crippen LogP contribution in [0.1, 0.15) is 15.9 Å². The molecule has 2 aromatic rings. The summed E-state index contributed by atoms with van der Waals surface area (Å²) in [7, 11) is 4.70. The third-order valence-electron chi connectivity index (χ3n) is 3.14. The van der Waals surface area contributed by atoms with E-state index >= 15 is 0 Å². The molecule has 0 radical (unpaired) electrons. The van der Waals surface area contributed by atoms with E-state index in [0.29, 0.717) is 22.8 Å². The van der Waals surface area contributed by atoms with Gasteiger partial charge < -0.3 is 14.2 Å². The summed E-state index contributed by atoms with van der Waals surface area (Å²) >= 11 is 0. The lowest BCUT2D eigenvalue weighted by Gasteiger charge is -2.07. The van der Waals surface area contributed by atoms with Crippen LogP contribution < -0.4 is 19.6 Å². The Morgan fingerprint density at radius 1 is 0.957 bits per heavy atom. The summed E-state index contributed by atoms with van der Waals surface area (Å²) in [6, 6.07) is 12.1. The van der Waals surface area contributed by atoms with Crippen LogP contribution in [-0.2, 0) is 0 Å². The molecule has 0 saturated carbocycles. The second-order valence-electron chi connectivity index (χ2n) is 4.54. The van der Waals surface area contributed by atoms with Crippen LogP contribution in [-0.4, -0.2) is 33.5 Å². The van der Waals surface area contributed by atoms with Gasteiger partial charge in [-0.3, -0.25) is 4.79 Å². The van der Waals surface area contributed by atoms with Crippen LogP contribution in [0.5, 0.6) is 17.2 Å². The van der Waals surface area contributed by atoms with Gasteiger partial charge in [-0.15, -0.1) is 0 Å². The predicted octanol–water partition coefficient (Wildman–Crippen LogP) is 2.48. The van der Waals surface area contributed by atoms with E-state index in [1.165, 1.54) is 6.21 Å². The van der Waals surface area contributed by atoms with E-state index < -0.39 is 0 Å². The lowest BCUT2D eigenvalue weighted by Crippen LogP contribution is -2.17. The van der Waals surface area contributed by atoms with E-state index in [1.54, 1.807) is 57.7 Å². The highest BCUT2D eigenvalue weighted by Crippen LogP contribution is 2.26. The molecule has 0 aromatic heterocycles. The summed E-state index contributed by atoms with van der Waals surface area (Å²) in [5.74, 6) is 1.62. The topological polar surface area (TPSA) is 69.2 Å². The lowest BCUT2D eigenvalue weighted by molar-refractivity contribution is 0.0955. The Labute approximate surface area is 134 Å². The predicted molar refractivity (Wildman–Crippen MR) is 87.6 cm³/mol. The summed E-state index contributed by atoms with van der Waals surface area (Å²) in [4.78, 5) is 11.9. The van der Waals surface area contributed by atoms with E-state index in [-0.39, 0.29) is 5.91 Å². The molecule has 0 fully saturated rings. The zero-order valence-corrected chi connectivity index (χ0v) is 13.2. The first-order valence-corrected chi connectivity index (χ1v) is 6.87. The molecule has 2 rings (SSSR count). The Bertz CT molecular complexity index is 696. The highest BCUT2D eigenvalue weighted by molar-refractivity contribution is 5.95. The molecular formula is C17H18N2O4. The molecular weight excluding hydrogens is 296 g/mol. The van der Waals surface area contributed by atoms with Crippen LogP contribution in [0.25, 0.3) is 0 Å². The fourth-order valence-electron chi connectivity index (χ4n) is 1.91. The molecule has 0 aliphatic carbocycles. The molecule has 6 nitrogen and oxygen atoms in total. The first-order valence-electron chi connectivity index (χ1n) is 6.87.